The monoisotopic (exact) mass is 607 g/mol. The smallest absolute Gasteiger partial charge is 0.310 e. The molecule has 1 aromatic carbocycles. The first-order valence-corrected chi connectivity index (χ1v) is 15.3. The molecule has 4 rings (SSSR count). The van der Waals surface area contributed by atoms with Gasteiger partial charge in [0.1, 0.15) is 6.04 Å². The van der Waals surface area contributed by atoms with E-state index >= 15 is 0 Å². The van der Waals surface area contributed by atoms with Crippen molar-refractivity contribution in [1.82, 2.24) is 4.90 Å². The molecular formula is C28H38BrN3O5S. The van der Waals surface area contributed by atoms with Crippen LogP contribution in [0.15, 0.2) is 36.9 Å². The molecule has 3 aliphatic rings. The van der Waals surface area contributed by atoms with Crippen molar-refractivity contribution in [1.29, 1.82) is 0 Å². The van der Waals surface area contributed by atoms with E-state index in [0.29, 0.717) is 12.8 Å². The molecule has 3 unspecified atom stereocenters. The van der Waals surface area contributed by atoms with Crippen LogP contribution in [0, 0.1) is 11.8 Å². The highest BCUT2D eigenvalue weighted by Gasteiger charge is 2.76. The molecule has 6 atom stereocenters. The molecule has 3 aliphatic heterocycles. The Hall–Kier alpha value is -2.04. The van der Waals surface area contributed by atoms with Crippen LogP contribution in [0.25, 0.3) is 0 Å². The topological polar surface area (TPSA) is 90.4 Å². The second-order valence-corrected chi connectivity index (χ2v) is 12.7. The van der Waals surface area contributed by atoms with Crippen LogP contribution in [0.2, 0.25) is 0 Å². The maximum atomic E-state index is 14.5. The number of amides is 2. The molecule has 0 radical (unpaired) electrons. The number of alkyl halides is 1. The Balaban J connectivity index is 1.74. The zero-order valence-corrected chi connectivity index (χ0v) is 24.7. The Morgan fingerprint density at radius 2 is 1.89 bits per heavy atom. The number of likely N-dealkylation sites (tertiary alicyclic amines) is 1. The van der Waals surface area contributed by atoms with Crippen molar-refractivity contribution >= 4 is 56.9 Å². The lowest BCUT2D eigenvalue weighted by atomic mass is 9.71. The number of hydrogen-bond acceptors (Lipinski definition) is 7. The average molecular weight is 609 g/mol. The molecule has 8 nitrogen and oxygen atoms in total. The van der Waals surface area contributed by atoms with E-state index in [1.165, 1.54) is 0 Å². The zero-order valence-electron chi connectivity index (χ0n) is 22.3. The summed E-state index contributed by atoms with van der Waals surface area (Å²) in [6.45, 7) is 12.3. The lowest BCUT2D eigenvalue weighted by Crippen LogP contribution is -2.55. The van der Waals surface area contributed by atoms with E-state index < -0.39 is 22.6 Å². The number of thioether (sulfide) groups is 1. The van der Waals surface area contributed by atoms with Gasteiger partial charge in [-0.05, 0) is 57.9 Å². The summed E-state index contributed by atoms with van der Waals surface area (Å²) in [4.78, 5) is 47.0. The van der Waals surface area contributed by atoms with Crippen molar-refractivity contribution in [2.75, 3.05) is 49.2 Å². The molecule has 10 heteroatoms. The van der Waals surface area contributed by atoms with Crippen LogP contribution >= 0.6 is 27.7 Å². The third kappa shape index (κ3) is 4.77. The van der Waals surface area contributed by atoms with E-state index in [1.54, 1.807) is 34.6 Å². The Labute approximate surface area is 237 Å². The van der Waals surface area contributed by atoms with Gasteiger partial charge >= 0.3 is 5.97 Å². The van der Waals surface area contributed by atoms with Crippen LogP contribution in [0.1, 0.15) is 33.6 Å². The molecule has 0 saturated carbocycles. The predicted octanol–water partition coefficient (Wildman–Crippen LogP) is 3.46. The first kappa shape index (κ1) is 29.0. The fourth-order valence-corrected chi connectivity index (χ4v) is 10.0. The number of aliphatic hydroxyl groups is 1. The van der Waals surface area contributed by atoms with Gasteiger partial charge in [0, 0.05) is 54.2 Å². The van der Waals surface area contributed by atoms with Crippen LogP contribution in [-0.2, 0) is 19.1 Å². The van der Waals surface area contributed by atoms with Crippen molar-refractivity contribution in [3.63, 3.8) is 0 Å². The summed E-state index contributed by atoms with van der Waals surface area (Å²) in [6.07, 6.45) is 2.64. The highest BCUT2D eigenvalue weighted by molar-refractivity contribution is 9.09. The van der Waals surface area contributed by atoms with Crippen molar-refractivity contribution in [3.05, 3.63) is 36.9 Å². The molecule has 1 spiro atoms. The summed E-state index contributed by atoms with van der Waals surface area (Å²) in [5.41, 5.74) is 1.81. The Morgan fingerprint density at radius 3 is 2.47 bits per heavy atom. The van der Waals surface area contributed by atoms with Crippen LogP contribution in [0.5, 0.6) is 0 Å². The van der Waals surface area contributed by atoms with Crippen LogP contribution < -0.4 is 9.80 Å². The third-order valence-electron chi connectivity index (χ3n) is 8.01. The van der Waals surface area contributed by atoms with Crippen LogP contribution in [-0.4, -0.2) is 88.0 Å². The maximum absolute atomic E-state index is 14.5. The highest BCUT2D eigenvalue weighted by Crippen LogP contribution is 2.68. The number of carbonyl (C=O) groups is 3. The van der Waals surface area contributed by atoms with Crippen molar-refractivity contribution in [2.45, 2.75) is 54.5 Å². The fraction of sp³-hybridized carbons (Fsp3) is 0.607. The third-order valence-corrected chi connectivity index (χ3v) is 11.2. The minimum Gasteiger partial charge on any atom is -0.466 e. The number of aliphatic hydroxyl groups excluding tert-OH is 1. The normalized spacial score (nSPS) is 29.3. The number of hydrogen-bond donors (Lipinski definition) is 1. The van der Waals surface area contributed by atoms with Gasteiger partial charge in [-0.2, -0.15) is 0 Å². The average Bonchev–Trinajstić information content (AvgIpc) is 3.50. The molecule has 208 valence electrons. The fourth-order valence-electron chi connectivity index (χ4n) is 6.43. The zero-order chi connectivity index (χ0) is 27.6. The summed E-state index contributed by atoms with van der Waals surface area (Å²) in [5.74, 6) is -2.00. The predicted molar refractivity (Wildman–Crippen MR) is 155 cm³/mol. The second kappa shape index (κ2) is 12.0. The number of anilines is 2. The number of halogens is 1. The SMILES string of the molecule is C=CCN(C(=O)C1N(CCCO)C(=O)[C@@H]2[C@@H](C(=O)OCC)[C@@H]3SC12CC3Br)c1ccc(N(CC)CC)cc1. The Morgan fingerprint density at radius 1 is 1.24 bits per heavy atom. The number of benzene rings is 1. The Bertz CT molecular complexity index is 1050. The molecule has 2 amide bonds. The molecule has 1 aromatic rings. The molecule has 3 fully saturated rings. The lowest BCUT2D eigenvalue weighted by molar-refractivity contribution is -0.153. The highest BCUT2D eigenvalue weighted by atomic mass is 79.9. The van der Waals surface area contributed by atoms with E-state index in [9.17, 15) is 19.5 Å². The van der Waals surface area contributed by atoms with Crippen molar-refractivity contribution < 1.29 is 24.2 Å². The number of ether oxygens (including phenoxy) is 1. The van der Waals surface area contributed by atoms with E-state index in [-0.39, 0.29) is 54.2 Å². The number of rotatable bonds is 12. The van der Waals surface area contributed by atoms with Crippen LogP contribution in [0.3, 0.4) is 0 Å². The van der Waals surface area contributed by atoms with Crippen LogP contribution in [0.4, 0.5) is 11.4 Å². The van der Waals surface area contributed by atoms with Gasteiger partial charge in [-0.15, -0.1) is 18.3 Å². The molecule has 0 aliphatic carbocycles. The minimum absolute atomic E-state index is 0.0137. The van der Waals surface area contributed by atoms with Gasteiger partial charge in [-0.1, -0.05) is 22.0 Å². The number of esters is 1. The standard InChI is InChI=1S/C28H38BrN3O5S/c1-5-14-31(19-12-10-18(11-13-19)30(6-2)7-3)26(35)24-28-17-20(29)23(38-28)21(27(36)37-8-4)22(28)25(34)32(24)15-9-16-33/h5,10-13,20-24,33H,1,6-9,14-17H2,2-4H3/t20?,21-,22+,23-,24?,28?/m1/s1. The summed E-state index contributed by atoms with van der Waals surface area (Å²) in [5, 5.41) is 9.43. The maximum Gasteiger partial charge on any atom is 0.310 e. The summed E-state index contributed by atoms with van der Waals surface area (Å²) in [7, 11) is 0. The number of carbonyl (C=O) groups excluding carboxylic acids is 3. The quantitative estimate of drug-likeness (QED) is 0.221. The van der Waals surface area contributed by atoms with E-state index in [4.69, 9.17) is 4.74 Å². The Kier molecular flexibility index (Phi) is 9.15. The van der Waals surface area contributed by atoms with Gasteiger partial charge in [0.15, 0.2) is 0 Å². The van der Waals surface area contributed by atoms with Crippen molar-refractivity contribution in [2.24, 2.45) is 11.8 Å². The molecule has 1 N–H and O–H groups in total. The van der Waals surface area contributed by atoms with E-state index in [2.05, 4.69) is 41.3 Å². The number of nitrogens with zero attached hydrogens (tertiary/aromatic N) is 3. The van der Waals surface area contributed by atoms with Gasteiger partial charge in [-0.3, -0.25) is 14.4 Å². The van der Waals surface area contributed by atoms with Gasteiger partial charge in [-0.25, -0.2) is 0 Å². The first-order valence-electron chi connectivity index (χ1n) is 13.5. The lowest BCUT2D eigenvalue weighted by Gasteiger charge is -2.38. The van der Waals surface area contributed by atoms with E-state index in [0.717, 1.165) is 24.5 Å². The molecule has 3 saturated heterocycles. The van der Waals surface area contributed by atoms with Gasteiger partial charge in [0.2, 0.25) is 5.91 Å². The largest absolute Gasteiger partial charge is 0.466 e. The molecule has 3 heterocycles. The second-order valence-electron chi connectivity index (χ2n) is 9.95. The van der Waals surface area contributed by atoms with Gasteiger partial charge in [0.25, 0.3) is 5.91 Å². The summed E-state index contributed by atoms with van der Waals surface area (Å²) >= 11 is 5.35. The molecular weight excluding hydrogens is 570 g/mol. The van der Waals surface area contributed by atoms with Crippen molar-refractivity contribution in [3.8, 4) is 0 Å². The molecule has 38 heavy (non-hydrogen) atoms. The number of fused-ring (bicyclic) bond motifs is 1. The summed E-state index contributed by atoms with van der Waals surface area (Å²) in [6, 6.07) is 7.14. The minimum atomic E-state index is -0.761. The van der Waals surface area contributed by atoms with E-state index in [1.807, 2.05) is 24.3 Å². The molecule has 0 aromatic heterocycles. The molecule has 2 bridgehead atoms. The van der Waals surface area contributed by atoms with Gasteiger partial charge in [0.05, 0.1) is 23.2 Å². The first-order chi connectivity index (χ1) is 18.3. The summed E-state index contributed by atoms with van der Waals surface area (Å²) < 4.78 is 4.65. The van der Waals surface area contributed by atoms with Gasteiger partial charge < -0.3 is 24.5 Å².